The summed E-state index contributed by atoms with van der Waals surface area (Å²) in [6.07, 6.45) is 1.76. The van der Waals surface area contributed by atoms with Crippen molar-refractivity contribution in [2.45, 2.75) is 18.9 Å². The molecule has 0 aliphatic carbocycles. The zero-order valence-electron chi connectivity index (χ0n) is 9.53. The van der Waals surface area contributed by atoms with Crippen LogP contribution in [0.2, 0.25) is 5.02 Å². The van der Waals surface area contributed by atoms with Crippen LogP contribution in [0.3, 0.4) is 0 Å². The number of amides is 1. The van der Waals surface area contributed by atoms with Gasteiger partial charge >= 0.3 is 0 Å². The Kier molecular flexibility index (Phi) is 4.25. The number of hydrogen-bond donors (Lipinski definition) is 1. The third kappa shape index (κ3) is 2.68. The van der Waals surface area contributed by atoms with Crippen LogP contribution >= 0.6 is 39.7 Å². The van der Waals surface area contributed by atoms with Crippen LogP contribution in [0.4, 0.5) is 0 Å². The van der Waals surface area contributed by atoms with Gasteiger partial charge in [-0.2, -0.15) is 0 Å². The van der Waals surface area contributed by atoms with Gasteiger partial charge in [-0.1, -0.05) is 23.8 Å². The number of rotatable bonds is 2. The molecule has 0 aromatic heterocycles. The highest BCUT2D eigenvalue weighted by molar-refractivity contribution is 9.10. The number of likely N-dealkylation sites (tertiary alicyclic amines) is 1. The minimum absolute atomic E-state index is 0.0836. The first-order valence-electron chi connectivity index (χ1n) is 5.56. The normalized spacial score (nSPS) is 19.0. The molecular weight excluding hydrogens is 336 g/mol. The molecule has 1 fully saturated rings. The maximum atomic E-state index is 12.5. The highest BCUT2D eigenvalue weighted by atomic mass is 79.9. The molecule has 1 heterocycles. The number of nitrogens with two attached hydrogens (primary N) is 1. The molecular formula is C12H12BrClN2OS. The lowest BCUT2D eigenvalue weighted by atomic mass is 10.1. The summed E-state index contributed by atoms with van der Waals surface area (Å²) in [5, 5.41) is 0.535. The fourth-order valence-electron chi connectivity index (χ4n) is 2.12. The second kappa shape index (κ2) is 5.55. The van der Waals surface area contributed by atoms with Gasteiger partial charge in [0.15, 0.2) is 0 Å². The Labute approximate surface area is 124 Å². The minimum Gasteiger partial charge on any atom is -0.392 e. The fourth-order valence-corrected chi connectivity index (χ4v) is 2.96. The molecule has 0 saturated carbocycles. The predicted octanol–water partition coefficient (Wildman–Crippen LogP) is 2.99. The van der Waals surface area contributed by atoms with Crippen molar-refractivity contribution in [3.63, 3.8) is 0 Å². The molecule has 0 bridgehead atoms. The summed E-state index contributed by atoms with van der Waals surface area (Å²) in [5.74, 6) is -0.0836. The number of carbonyl (C=O) groups excluding carboxylic acids is 1. The van der Waals surface area contributed by atoms with E-state index in [9.17, 15) is 4.79 Å². The van der Waals surface area contributed by atoms with E-state index < -0.39 is 0 Å². The average molecular weight is 348 g/mol. The predicted molar refractivity (Wildman–Crippen MR) is 80.0 cm³/mol. The summed E-state index contributed by atoms with van der Waals surface area (Å²) in [7, 11) is 0. The Bertz CT molecular complexity index is 509. The number of halogens is 2. The first kappa shape index (κ1) is 13.8. The summed E-state index contributed by atoms with van der Waals surface area (Å²) in [6.45, 7) is 0.680. The average Bonchev–Trinajstić information content (AvgIpc) is 2.80. The SMILES string of the molecule is NC(=S)C1CCCN1C(=O)c1cc(Cl)ccc1Br. The van der Waals surface area contributed by atoms with Gasteiger partial charge in [-0.15, -0.1) is 0 Å². The fraction of sp³-hybridized carbons (Fsp3) is 0.333. The minimum atomic E-state index is -0.140. The van der Waals surface area contributed by atoms with Gasteiger partial charge in [-0.3, -0.25) is 4.79 Å². The van der Waals surface area contributed by atoms with Crippen LogP contribution in [0, 0.1) is 0 Å². The largest absolute Gasteiger partial charge is 0.392 e. The van der Waals surface area contributed by atoms with E-state index in [-0.39, 0.29) is 11.9 Å². The van der Waals surface area contributed by atoms with Gasteiger partial charge in [0, 0.05) is 16.0 Å². The lowest BCUT2D eigenvalue weighted by Crippen LogP contribution is -2.42. The molecule has 0 radical (unpaired) electrons. The molecule has 1 atom stereocenters. The molecule has 1 amide bonds. The number of thiocarbonyl (C=S) groups is 1. The number of nitrogens with zero attached hydrogens (tertiary/aromatic N) is 1. The van der Waals surface area contributed by atoms with E-state index in [1.54, 1.807) is 23.1 Å². The maximum Gasteiger partial charge on any atom is 0.255 e. The van der Waals surface area contributed by atoms with E-state index in [4.69, 9.17) is 29.6 Å². The third-order valence-electron chi connectivity index (χ3n) is 3.00. The second-order valence-electron chi connectivity index (χ2n) is 4.18. The third-order valence-corrected chi connectivity index (χ3v) is 4.20. The van der Waals surface area contributed by atoms with Crippen molar-refractivity contribution in [3.05, 3.63) is 33.3 Å². The molecule has 3 nitrogen and oxygen atoms in total. The van der Waals surface area contributed by atoms with Gasteiger partial charge in [0.1, 0.15) is 0 Å². The molecule has 1 unspecified atom stereocenters. The van der Waals surface area contributed by atoms with Gasteiger partial charge < -0.3 is 10.6 Å². The van der Waals surface area contributed by atoms with Gasteiger partial charge in [-0.05, 0) is 47.0 Å². The van der Waals surface area contributed by atoms with Crippen molar-refractivity contribution >= 4 is 50.6 Å². The summed E-state index contributed by atoms with van der Waals surface area (Å²) in [5.41, 5.74) is 6.22. The molecule has 2 N–H and O–H groups in total. The Hall–Kier alpha value is -0.650. The summed E-state index contributed by atoms with van der Waals surface area (Å²) >= 11 is 14.3. The van der Waals surface area contributed by atoms with Gasteiger partial charge in [-0.25, -0.2) is 0 Å². The zero-order valence-corrected chi connectivity index (χ0v) is 12.7. The highest BCUT2D eigenvalue weighted by Gasteiger charge is 2.31. The number of hydrogen-bond acceptors (Lipinski definition) is 2. The van der Waals surface area contributed by atoms with E-state index in [1.807, 2.05) is 0 Å². The zero-order chi connectivity index (χ0) is 13.3. The monoisotopic (exact) mass is 346 g/mol. The van der Waals surface area contributed by atoms with Crippen molar-refractivity contribution in [1.82, 2.24) is 4.90 Å². The van der Waals surface area contributed by atoms with Crippen molar-refractivity contribution in [2.24, 2.45) is 5.73 Å². The number of carbonyl (C=O) groups is 1. The van der Waals surface area contributed by atoms with E-state index in [2.05, 4.69) is 15.9 Å². The Balaban J connectivity index is 2.31. The van der Waals surface area contributed by atoms with Crippen LogP contribution in [0.1, 0.15) is 23.2 Å². The van der Waals surface area contributed by atoms with E-state index in [0.29, 0.717) is 22.1 Å². The molecule has 1 aliphatic heterocycles. The van der Waals surface area contributed by atoms with Crippen molar-refractivity contribution < 1.29 is 4.79 Å². The molecule has 18 heavy (non-hydrogen) atoms. The summed E-state index contributed by atoms with van der Waals surface area (Å²) in [4.78, 5) is 14.6. The van der Waals surface area contributed by atoms with Crippen molar-refractivity contribution in [2.75, 3.05) is 6.54 Å². The lowest BCUT2D eigenvalue weighted by molar-refractivity contribution is 0.0769. The number of benzene rings is 1. The Morgan fingerprint density at radius 3 is 2.94 bits per heavy atom. The quantitative estimate of drug-likeness (QED) is 0.837. The molecule has 1 saturated heterocycles. The van der Waals surface area contributed by atoms with Crippen LogP contribution in [0.5, 0.6) is 0 Å². The first-order valence-corrected chi connectivity index (χ1v) is 7.14. The summed E-state index contributed by atoms with van der Waals surface area (Å²) < 4.78 is 0.727. The molecule has 96 valence electrons. The Morgan fingerprint density at radius 2 is 2.28 bits per heavy atom. The van der Waals surface area contributed by atoms with Crippen molar-refractivity contribution in [3.8, 4) is 0 Å². The smallest absolute Gasteiger partial charge is 0.255 e. The van der Waals surface area contributed by atoms with E-state index >= 15 is 0 Å². The maximum absolute atomic E-state index is 12.5. The van der Waals surface area contributed by atoms with Gasteiger partial charge in [0.25, 0.3) is 5.91 Å². The van der Waals surface area contributed by atoms with Crippen LogP contribution in [0.15, 0.2) is 22.7 Å². The second-order valence-corrected chi connectivity index (χ2v) is 5.95. The van der Waals surface area contributed by atoms with E-state index in [0.717, 1.165) is 17.3 Å². The Morgan fingerprint density at radius 1 is 1.56 bits per heavy atom. The van der Waals surface area contributed by atoms with Crippen LogP contribution < -0.4 is 5.73 Å². The van der Waals surface area contributed by atoms with Crippen LogP contribution in [-0.2, 0) is 0 Å². The highest BCUT2D eigenvalue weighted by Crippen LogP contribution is 2.26. The molecule has 1 aromatic carbocycles. The topological polar surface area (TPSA) is 46.3 Å². The van der Waals surface area contributed by atoms with Gasteiger partial charge in [0.05, 0.1) is 16.6 Å². The van der Waals surface area contributed by atoms with Crippen LogP contribution in [-0.4, -0.2) is 28.4 Å². The standard InChI is InChI=1S/C12H12BrClN2OS/c13-9-4-3-7(14)6-8(9)12(17)16-5-1-2-10(16)11(15)18/h3-4,6,10H,1-2,5H2,(H2,15,18). The molecule has 1 aromatic rings. The first-order chi connectivity index (χ1) is 8.50. The lowest BCUT2D eigenvalue weighted by Gasteiger charge is -2.24. The molecule has 0 spiro atoms. The van der Waals surface area contributed by atoms with Crippen molar-refractivity contribution in [1.29, 1.82) is 0 Å². The van der Waals surface area contributed by atoms with Crippen LogP contribution in [0.25, 0.3) is 0 Å². The summed E-state index contributed by atoms with van der Waals surface area (Å²) in [6, 6.07) is 5.01. The molecule has 1 aliphatic rings. The van der Waals surface area contributed by atoms with Gasteiger partial charge in [0.2, 0.25) is 0 Å². The van der Waals surface area contributed by atoms with E-state index in [1.165, 1.54) is 0 Å². The molecule has 2 rings (SSSR count). The molecule has 6 heteroatoms.